The van der Waals surface area contributed by atoms with Gasteiger partial charge in [0, 0.05) is 24.6 Å². The summed E-state index contributed by atoms with van der Waals surface area (Å²) < 4.78 is 1.62. The van der Waals surface area contributed by atoms with Gasteiger partial charge in [0.25, 0.3) is 11.8 Å². The van der Waals surface area contributed by atoms with Crippen molar-refractivity contribution in [3.05, 3.63) is 103 Å². The van der Waals surface area contributed by atoms with E-state index >= 15 is 0 Å². The Morgan fingerprint density at radius 2 is 1.31 bits per heavy atom. The molecule has 1 aromatic heterocycles. The van der Waals surface area contributed by atoms with Gasteiger partial charge in [-0.3, -0.25) is 25.2 Å². The van der Waals surface area contributed by atoms with Gasteiger partial charge in [-0.2, -0.15) is 10.2 Å². The first-order valence-electron chi connectivity index (χ1n) is 11.4. The molecular formula is C27H22N6O3. The molecule has 2 heterocycles. The van der Waals surface area contributed by atoms with Crippen molar-refractivity contribution in [3.8, 4) is 16.9 Å². The summed E-state index contributed by atoms with van der Waals surface area (Å²) in [6, 6.07) is 27.6. The van der Waals surface area contributed by atoms with Crippen molar-refractivity contribution >= 4 is 29.1 Å². The van der Waals surface area contributed by atoms with E-state index in [1.165, 1.54) is 5.01 Å². The molecule has 1 aliphatic heterocycles. The van der Waals surface area contributed by atoms with Gasteiger partial charge in [0.05, 0.1) is 16.9 Å². The van der Waals surface area contributed by atoms with Crippen LogP contribution in [-0.4, -0.2) is 33.2 Å². The molecule has 0 aliphatic carbocycles. The van der Waals surface area contributed by atoms with Gasteiger partial charge in [-0.15, -0.1) is 0 Å². The third-order valence-corrected chi connectivity index (χ3v) is 5.61. The molecule has 4 aromatic rings. The molecule has 0 spiro atoms. The molecule has 1 aliphatic rings. The van der Waals surface area contributed by atoms with Crippen molar-refractivity contribution < 1.29 is 14.4 Å². The van der Waals surface area contributed by atoms with Gasteiger partial charge in [0.15, 0.2) is 0 Å². The number of amides is 3. The smallest absolute Gasteiger partial charge is 0.273 e. The Hall–Kier alpha value is -5.05. The Kier molecular flexibility index (Phi) is 6.35. The summed E-state index contributed by atoms with van der Waals surface area (Å²) in [6.07, 6.45) is 1.93. The first-order valence-corrected chi connectivity index (χ1v) is 11.4. The van der Waals surface area contributed by atoms with E-state index in [-0.39, 0.29) is 30.0 Å². The normalized spacial score (nSPS) is 13.2. The van der Waals surface area contributed by atoms with Crippen LogP contribution >= 0.6 is 0 Å². The first-order chi connectivity index (χ1) is 17.6. The van der Waals surface area contributed by atoms with Crippen LogP contribution in [0.25, 0.3) is 16.9 Å². The van der Waals surface area contributed by atoms with E-state index in [9.17, 15) is 14.4 Å². The first kappa shape index (κ1) is 22.7. The average molecular weight is 479 g/mol. The Labute approximate surface area is 207 Å². The zero-order chi connectivity index (χ0) is 24.9. The van der Waals surface area contributed by atoms with Crippen molar-refractivity contribution in [1.29, 1.82) is 0 Å². The average Bonchev–Trinajstić information content (AvgIpc) is 3.39. The lowest BCUT2D eigenvalue weighted by Gasteiger charge is -2.23. The van der Waals surface area contributed by atoms with E-state index in [4.69, 9.17) is 0 Å². The summed E-state index contributed by atoms with van der Waals surface area (Å²) in [4.78, 5) is 38.2. The van der Waals surface area contributed by atoms with Gasteiger partial charge in [-0.25, -0.2) is 9.69 Å². The number of hydrogen-bond donors (Lipinski definition) is 2. The lowest BCUT2D eigenvalue weighted by molar-refractivity contribution is -0.119. The van der Waals surface area contributed by atoms with E-state index in [2.05, 4.69) is 21.1 Å². The fourth-order valence-corrected chi connectivity index (χ4v) is 3.80. The molecule has 178 valence electrons. The second kappa shape index (κ2) is 10.1. The Bertz CT molecular complexity index is 1430. The maximum absolute atomic E-state index is 13.1. The second-order valence-electron chi connectivity index (χ2n) is 8.03. The SMILES string of the molecule is O=C(NNC(=O)c1cn(-c2ccccc2)nc1-c1ccccc1)C1=NN(c2ccccc2)C(=O)CC1. The van der Waals surface area contributed by atoms with Gasteiger partial charge < -0.3 is 0 Å². The van der Waals surface area contributed by atoms with Gasteiger partial charge >= 0.3 is 0 Å². The molecule has 0 fully saturated rings. The number of carbonyl (C=O) groups excluding carboxylic acids is 3. The quantitative estimate of drug-likeness (QED) is 0.428. The molecule has 0 bridgehead atoms. The van der Waals surface area contributed by atoms with Gasteiger partial charge in [-0.1, -0.05) is 66.7 Å². The van der Waals surface area contributed by atoms with Crippen LogP contribution in [0, 0.1) is 0 Å². The summed E-state index contributed by atoms with van der Waals surface area (Å²) in [5.74, 6) is -1.33. The predicted octanol–water partition coefficient (Wildman–Crippen LogP) is 3.48. The third-order valence-electron chi connectivity index (χ3n) is 5.61. The highest BCUT2D eigenvalue weighted by atomic mass is 16.2. The summed E-state index contributed by atoms with van der Waals surface area (Å²) >= 11 is 0. The summed E-state index contributed by atoms with van der Waals surface area (Å²) in [5.41, 5.74) is 7.91. The number of aromatic nitrogens is 2. The minimum absolute atomic E-state index is 0.136. The van der Waals surface area contributed by atoms with Crippen molar-refractivity contribution in [1.82, 2.24) is 20.6 Å². The van der Waals surface area contributed by atoms with Crippen molar-refractivity contribution in [2.75, 3.05) is 5.01 Å². The highest BCUT2D eigenvalue weighted by Crippen LogP contribution is 2.24. The van der Waals surface area contributed by atoms with Crippen LogP contribution in [-0.2, 0) is 9.59 Å². The summed E-state index contributed by atoms with van der Waals surface area (Å²) in [6.45, 7) is 0. The van der Waals surface area contributed by atoms with E-state index < -0.39 is 11.8 Å². The number of nitrogens with one attached hydrogen (secondary N) is 2. The largest absolute Gasteiger partial charge is 0.285 e. The van der Waals surface area contributed by atoms with Gasteiger partial charge in [0.1, 0.15) is 11.4 Å². The minimum atomic E-state index is -0.589. The zero-order valence-electron chi connectivity index (χ0n) is 19.2. The Morgan fingerprint density at radius 3 is 1.97 bits per heavy atom. The molecule has 3 amide bonds. The van der Waals surface area contributed by atoms with Crippen molar-refractivity contribution in [2.45, 2.75) is 12.8 Å². The molecular weight excluding hydrogens is 456 g/mol. The maximum Gasteiger partial charge on any atom is 0.285 e. The Balaban J connectivity index is 1.36. The molecule has 0 saturated heterocycles. The number of nitrogens with zero attached hydrogens (tertiary/aromatic N) is 4. The molecule has 9 heteroatoms. The zero-order valence-corrected chi connectivity index (χ0v) is 19.2. The predicted molar refractivity (Wildman–Crippen MR) is 135 cm³/mol. The maximum atomic E-state index is 13.1. The fourth-order valence-electron chi connectivity index (χ4n) is 3.80. The van der Waals surface area contributed by atoms with Crippen LogP contribution in [0.15, 0.2) is 102 Å². The third kappa shape index (κ3) is 4.76. The molecule has 0 saturated carbocycles. The van der Waals surface area contributed by atoms with Crippen molar-refractivity contribution in [2.24, 2.45) is 5.10 Å². The number of hydrogen-bond acceptors (Lipinski definition) is 5. The number of carbonyl (C=O) groups is 3. The van der Waals surface area contributed by atoms with Crippen LogP contribution in [0.2, 0.25) is 0 Å². The molecule has 0 atom stereocenters. The monoisotopic (exact) mass is 478 g/mol. The minimum Gasteiger partial charge on any atom is -0.273 e. The number of rotatable bonds is 5. The molecule has 36 heavy (non-hydrogen) atoms. The number of anilines is 1. The number of benzene rings is 3. The van der Waals surface area contributed by atoms with E-state index in [1.54, 1.807) is 35.1 Å². The van der Waals surface area contributed by atoms with Crippen LogP contribution < -0.4 is 15.9 Å². The topological polar surface area (TPSA) is 109 Å². The lowest BCUT2D eigenvalue weighted by atomic mass is 10.1. The Morgan fingerprint density at radius 1 is 0.722 bits per heavy atom. The molecule has 2 N–H and O–H groups in total. The van der Waals surface area contributed by atoms with Crippen molar-refractivity contribution in [3.63, 3.8) is 0 Å². The molecule has 3 aromatic carbocycles. The number of hydrazine groups is 1. The molecule has 9 nitrogen and oxygen atoms in total. The summed E-state index contributed by atoms with van der Waals surface area (Å²) in [7, 11) is 0. The molecule has 0 radical (unpaired) electrons. The standard InChI is InChI=1S/C27H22N6O3/c34-24-17-16-23(30-33(24)21-14-8-3-9-15-21)27(36)29-28-26(35)22-18-32(20-12-6-2-7-13-20)31-25(22)19-10-4-1-5-11-19/h1-15,18H,16-17H2,(H,28,35)(H,29,36). The van der Waals surface area contributed by atoms with Crippen LogP contribution in [0.3, 0.4) is 0 Å². The molecule has 5 rings (SSSR count). The van der Waals surface area contributed by atoms with Crippen LogP contribution in [0.4, 0.5) is 5.69 Å². The number of hydrazone groups is 1. The summed E-state index contributed by atoms with van der Waals surface area (Å²) in [5, 5.41) is 10.0. The highest BCUT2D eigenvalue weighted by Gasteiger charge is 2.26. The second-order valence-corrected chi connectivity index (χ2v) is 8.03. The van der Waals surface area contributed by atoms with Crippen LogP contribution in [0.5, 0.6) is 0 Å². The van der Waals surface area contributed by atoms with E-state index in [1.807, 2.05) is 66.7 Å². The molecule has 0 unspecified atom stereocenters. The lowest BCUT2D eigenvalue weighted by Crippen LogP contribution is -2.47. The highest BCUT2D eigenvalue weighted by molar-refractivity contribution is 6.40. The number of para-hydroxylation sites is 2. The van der Waals surface area contributed by atoms with E-state index in [0.29, 0.717) is 11.4 Å². The fraction of sp³-hybridized carbons (Fsp3) is 0.0741. The van der Waals surface area contributed by atoms with Crippen LogP contribution in [0.1, 0.15) is 23.2 Å². The van der Waals surface area contributed by atoms with E-state index in [0.717, 1.165) is 11.3 Å². The van der Waals surface area contributed by atoms with Gasteiger partial charge in [-0.05, 0) is 24.3 Å². The van der Waals surface area contributed by atoms with Gasteiger partial charge in [0.2, 0.25) is 5.91 Å².